The normalized spacial score (nSPS) is 9.33. The van der Waals surface area contributed by atoms with Crippen molar-refractivity contribution in [3.63, 3.8) is 0 Å². The van der Waals surface area contributed by atoms with Crippen molar-refractivity contribution in [3.05, 3.63) is 29.8 Å². The van der Waals surface area contributed by atoms with E-state index in [0.29, 0.717) is 24.1 Å². The first kappa shape index (κ1) is 13.7. The van der Waals surface area contributed by atoms with E-state index in [2.05, 4.69) is 0 Å². The standard InChI is InChI=1S/C13H14N2O3/c1-15(8-4-7-14)13(17)10-18-12-6-3-2-5-11(12)9-16/h2-3,5-6,9H,4,8,10H2,1H3. The van der Waals surface area contributed by atoms with E-state index in [0.717, 1.165) is 0 Å². The van der Waals surface area contributed by atoms with E-state index >= 15 is 0 Å². The molecule has 0 fully saturated rings. The van der Waals surface area contributed by atoms with Crippen LogP contribution in [0.25, 0.3) is 0 Å². The zero-order chi connectivity index (χ0) is 13.4. The van der Waals surface area contributed by atoms with Crippen LogP contribution in [0, 0.1) is 11.3 Å². The molecule has 0 saturated heterocycles. The van der Waals surface area contributed by atoms with Gasteiger partial charge in [-0.1, -0.05) is 12.1 Å². The van der Waals surface area contributed by atoms with Gasteiger partial charge in [0.25, 0.3) is 5.91 Å². The third-order valence-corrected chi connectivity index (χ3v) is 2.38. The first-order valence-corrected chi connectivity index (χ1v) is 5.47. The number of ether oxygens (including phenoxy) is 1. The van der Waals surface area contributed by atoms with E-state index < -0.39 is 0 Å². The summed E-state index contributed by atoms with van der Waals surface area (Å²) in [6, 6.07) is 8.66. The van der Waals surface area contributed by atoms with Crippen LogP contribution in [-0.4, -0.2) is 37.3 Å². The van der Waals surface area contributed by atoms with Gasteiger partial charge in [0.05, 0.1) is 18.1 Å². The van der Waals surface area contributed by atoms with Crippen molar-refractivity contribution in [2.24, 2.45) is 0 Å². The second-order valence-electron chi connectivity index (χ2n) is 3.67. The Kier molecular flexibility index (Phi) is 5.39. The van der Waals surface area contributed by atoms with Crippen molar-refractivity contribution in [2.75, 3.05) is 20.2 Å². The molecule has 0 aliphatic rings. The largest absolute Gasteiger partial charge is 0.483 e. The predicted octanol–water partition coefficient (Wildman–Crippen LogP) is 1.25. The van der Waals surface area contributed by atoms with Gasteiger partial charge in [-0.2, -0.15) is 5.26 Å². The first-order valence-electron chi connectivity index (χ1n) is 5.47. The lowest BCUT2D eigenvalue weighted by atomic mass is 10.2. The summed E-state index contributed by atoms with van der Waals surface area (Å²) in [6.07, 6.45) is 0.965. The van der Waals surface area contributed by atoms with E-state index in [9.17, 15) is 9.59 Å². The molecule has 0 spiro atoms. The lowest BCUT2D eigenvalue weighted by Gasteiger charge is -2.16. The number of nitriles is 1. The van der Waals surface area contributed by atoms with Gasteiger partial charge in [-0.15, -0.1) is 0 Å². The number of rotatable bonds is 6. The highest BCUT2D eigenvalue weighted by Gasteiger charge is 2.10. The Balaban J connectivity index is 2.52. The highest BCUT2D eigenvalue weighted by molar-refractivity contribution is 5.80. The van der Waals surface area contributed by atoms with Crippen molar-refractivity contribution in [3.8, 4) is 11.8 Å². The monoisotopic (exact) mass is 246 g/mol. The SMILES string of the molecule is CN(CCC#N)C(=O)COc1ccccc1C=O. The van der Waals surface area contributed by atoms with E-state index in [1.54, 1.807) is 31.3 Å². The van der Waals surface area contributed by atoms with Crippen LogP contribution in [-0.2, 0) is 4.79 Å². The number of likely N-dealkylation sites (N-methyl/N-ethyl adjacent to an activating group) is 1. The average molecular weight is 246 g/mol. The van der Waals surface area contributed by atoms with Crippen molar-refractivity contribution >= 4 is 12.2 Å². The maximum Gasteiger partial charge on any atom is 0.260 e. The molecule has 1 aromatic rings. The first-order chi connectivity index (χ1) is 8.69. The summed E-state index contributed by atoms with van der Waals surface area (Å²) < 4.78 is 5.29. The van der Waals surface area contributed by atoms with E-state index in [1.165, 1.54) is 4.90 Å². The topological polar surface area (TPSA) is 70.4 Å². The molecule has 1 aromatic carbocycles. The van der Waals surface area contributed by atoms with Gasteiger partial charge in [0.15, 0.2) is 12.9 Å². The molecule has 0 N–H and O–H groups in total. The third kappa shape index (κ3) is 3.91. The average Bonchev–Trinajstić information content (AvgIpc) is 2.42. The highest BCUT2D eigenvalue weighted by atomic mass is 16.5. The molecular formula is C13H14N2O3. The minimum absolute atomic E-state index is 0.146. The Morgan fingerprint density at radius 2 is 2.22 bits per heavy atom. The smallest absolute Gasteiger partial charge is 0.260 e. The van der Waals surface area contributed by atoms with Crippen LogP contribution in [0.5, 0.6) is 5.75 Å². The van der Waals surface area contributed by atoms with Crippen molar-refractivity contribution in [2.45, 2.75) is 6.42 Å². The Labute approximate surface area is 106 Å². The maximum absolute atomic E-state index is 11.6. The molecule has 0 bridgehead atoms. The fourth-order valence-corrected chi connectivity index (χ4v) is 1.30. The van der Waals surface area contributed by atoms with Crippen LogP contribution in [0.3, 0.4) is 0 Å². The summed E-state index contributed by atoms with van der Waals surface area (Å²) in [4.78, 5) is 23.8. The second kappa shape index (κ2) is 7.07. The quantitative estimate of drug-likeness (QED) is 0.708. The number of aldehydes is 1. The van der Waals surface area contributed by atoms with Gasteiger partial charge in [0, 0.05) is 13.6 Å². The number of hydrogen-bond acceptors (Lipinski definition) is 4. The summed E-state index contributed by atoms with van der Waals surface area (Å²) in [5.41, 5.74) is 0.407. The molecule has 5 nitrogen and oxygen atoms in total. The van der Waals surface area contributed by atoms with Crippen LogP contribution >= 0.6 is 0 Å². The molecular weight excluding hydrogens is 232 g/mol. The van der Waals surface area contributed by atoms with Crippen LogP contribution < -0.4 is 4.74 Å². The molecule has 0 aliphatic carbocycles. The zero-order valence-corrected chi connectivity index (χ0v) is 10.1. The maximum atomic E-state index is 11.6. The molecule has 5 heteroatoms. The molecule has 1 rings (SSSR count). The Hall–Kier alpha value is -2.35. The molecule has 1 amide bonds. The van der Waals surface area contributed by atoms with Gasteiger partial charge in [-0.3, -0.25) is 9.59 Å². The minimum Gasteiger partial charge on any atom is -0.483 e. The lowest BCUT2D eigenvalue weighted by molar-refractivity contribution is -0.131. The van der Waals surface area contributed by atoms with E-state index in [-0.39, 0.29) is 18.9 Å². The summed E-state index contributed by atoms with van der Waals surface area (Å²) >= 11 is 0. The van der Waals surface area contributed by atoms with Crippen LogP contribution in [0.1, 0.15) is 16.8 Å². The number of para-hydroxylation sites is 1. The molecule has 94 valence electrons. The van der Waals surface area contributed by atoms with Gasteiger partial charge < -0.3 is 9.64 Å². The van der Waals surface area contributed by atoms with Gasteiger partial charge in [-0.25, -0.2) is 0 Å². The van der Waals surface area contributed by atoms with Crippen molar-refractivity contribution < 1.29 is 14.3 Å². The van der Waals surface area contributed by atoms with Crippen molar-refractivity contribution in [1.29, 1.82) is 5.26 Å². The Bertz CT molecular complexity index is 466. The summed E-state index contributed by atoms with van der Waals surface area (Å²) in [6.45, 7) is 0.223. The minimum atomic E-state index is -0.231. The summed E-state index contributed by atoms with van der Waals surface area (Å²) in [5, 5.41) is 8.42. The fraction of sp³-hybridized carbons (Fsp3) is 0.308. The number of carbonyl (C=O) groups excluding carboxylic acids is 2. The molecule has 0 aromatic heterocycles. The van der Waals surface area contributed by atoms with Crippen LogP contribution in [0.2, 0.25) is 0 Å². The molecule has 0 heterocycles. The second-order valence-corrected chi connectivity index (χ2v) is 3.67. The zero-order valence-electron chi connectivity index (χ0n) is 10.1. The summed E-state index contributed by atoms with van der Waals surface area (Å²) in [5.74, 6) is 0.153. The third-order valence-electron chi connectivity index (χ3n) is 2.38. The van der Waals surface area contributed by atoms with Gasteiger partial charge in [0.1, 0.15) is 5.75 Å². The molecule has 18 heavy (non-hydrogen) atoms. The lowest BCUT2D eigenvalue weighted by Crippen LogP contribution is -2.32. The van der Waals surface area contributed by atoms with Gasteiger partial charge >= 0.3 is 0 Å². The van der Waals surface area contributed by atoms with E-state index in [4.69, 9.17) is 10.00 Å². The number of carbonyl (C=O) groups is 2. The number of hydrogen-bond donors (Lipinski definition) is 0. The van der Waals surface area contributed by atoms with Crippen LogP contribution in [0.15, 0.2) is 24.3 Å². The van der Waals surface area contributed by atoms with Gasteiger partial charge in [0.2, 0.25) is 0 Å². The number of nitrogens with zero attached hydrogens (tertiary/aromatic N) is 2. The molecule has 0 saturated carbocycles. The van der Waals surface area contributed by atoms with Crippen molar-refractivity contribution in [1.82, 2.24) is 4.90 Å². The number of amides is 1. The van der Waals surface area contributed by atoms with Crippen LogP contribution in [0.4, 0.5) is 0 Å². The molecule has 0 atom stereocenters. The number of benzene rings is 1. The predicted molar refractivity (Wildman–Crippen MR) is 65.2 cm³/mol. The Morgan fingerprint density at radius 1 is 1.50 bits per heavy atom. The molecule has 0 aliphatic heterocycles. The summed E-state index contributed by atoms with van der Waals surface area (Å²) in [7, 11) is 1.61. The molecule has 0 radical (unpaired) electrons. The van der Waals surface area contributed by atoms with E-state index in [1.807, 2.05) is 6.07 Å². The molecule has 0 unspecified atom stereocenters. The Morgan fingerprint density at radius 3 is 2.89 bits per heavy atom. The fourth-order valence-electron chi connectivity index (χ4n) is 1.30. The highest BCUT2D eigenvalue weighted by Crippen LogP contribution is 2.15. The van der Waals surface area contributed by atoms with Gasteiger partial charge in [-0.05, 0) is 12.1 Å².